The molecule has 3 aromatic rings. The number of carbonyl (C=O) groups is 2. The molecule has 0 saturated carbocycles. The molecule has 3 rings (SSSR count). The third kappa shape index (κ3) is 4.51. The number of pyridine rings is 1. The predicted octanol–water partition coefficient (Wildman–Crippen LogP) is 3.49. The van der Waals surface area contributed by atoms with Gasteiger partial charge in [-0.2, -0.15) is 0 Å². The zero-order valence-electron chi connectivity index (χ0n) is 14.0. The van der Waals surface area contributed by atoms with Gasteiger partial charge in [-0.3, -0.25) is 24.7 Å². The highest BCUT2D eigenvalue weighted by Gasteiger charge is 2.11. The minimum atomic E-state index is -0.531. The summed E-state index contributed by atoms with van der Waals surface area (Å²) in [6.07, 6.45) is 3.05. The lowest BCUT2D eigenvalue weighted by Crippen LogP contribution is -2.14. The van der Waals surface area contributed by atoms with Crippen molar-refractivity contribution in [1.82, 2.24) is 4.98 Å². The molecule has 0 spiro atoms. The van der Waals surface area contributed by atoms with Gasteiger partial charge < -0.3 is 10.6 Å². The minimum Gasteiger partial charge on any atom is -0.322 e. The fraction of sp³-hybridized carbons (Fsp3) is 0. The van der Waals surface area contributed by atoms with Gasteiger partial charge in [0.25, 0.3) is 17.5 Å². The van der Waals surface area contributed by atoms with Crippen molar-refractivity contribution >= 4 is 28.9 Å². The molecule has 0 fully saturated rings. The topological polar surface area (TPSA) is 114 Å². The summed E-state index contributed by atoms with van der Waals surface area (Å²) in [4.78, 5) is 38.4. The summed E-state index contributed by atoms with van der Waals surface area (Å²) in [5.74, 6) is -0.709. The molecule has 2 aromatic carbocycles. The van der Waals surface area contributed by atoms with Gasteiger partial charge in [-0.15, -0.1) is 0 Å². The summed E-state index contributed by atoms with van der Waals surface area (Å²) in [6, 6.07) is 15.1. The molecule has 0 saturated heterocycles. The average molecular weight is 362 g/mol. The number of benzene rings is 2. The number of amides is 2. The third-order valence-electron chi connectivity index (χ3n) is 3.66. The van der Waals surface area contributed by atoms with Crippen LogP contribution in [0, 0.1) is 10.1 Å². The van der Waals surface area contributed by atoms with Crippen LogP contribution in [0.4, 0.5) is 17.1 Å². The van der Waals surface area contributed by atoms with Crippen molar-refractivity contribution in [3.05, 3.63) is 94.3 Å². The predicted molar refractivity (Wildman–Crippen MR) is 99.7 cm³/mol. The molecule has 8 heteroatoms. The van der Waals surface area contributed by atoms with E-state index in [0.29, 0.717) is 16.9 Å². The van der Waals surface area contributed by atoms with Crippen LogP contribution in [0.3, 0.4) is 0 Å². The lowest BCUT2D eigenvalue weighted by molar-refractivity contribution is -0.384. The molecule has 0 aliphatic rings. The Bertz CT molecular complexity index is 988. The molecule has 1 heterocycles. The molecule has 2 N–H and O–H groups in total. The van der Waals surface area contributed by atoms with Crippen LogP contribution >= 0.6 is 0 Å². The first kappa shape index (κ1) is 17.7. The number of rotatable bonds is 5. The first-order chi connectivity index (χ1) is 13.0. The number of aromatic nitrogens is 1. The molecule has 8 nitrogen and oxygen atoms in total. The second-order valence-electron chi connectivity index (χ2n) is 5.53. The van der Waals surface area contributed by atoms with Crippen molar-refractivity contribution < 1.29 is 14.5 Å². The monoisotopic (exact) mass is 362 g/mol. The molecule has 0 radical (unpaired) electrons. The van der Waals surface area contributed by atoms with E-state index in [1.54, 1.807) is 36.4 Å². The second-order valence-corrected chi connectivity index (χ2v) is 5.53. The van der Waals surface area contributed by atoms with E-state index in [2.05, 4.69) is 15.6 Å². The molecule has 0 bridgehead atoms. The van der Waals surface area contributed by atoms with Crippen LogP contribution < -0.4 is 10.6 Å². The van der Waals surface area contributed by atoms with Crippen molar-refractivity contribution in [3.63, 3.8) is 0 Å². The van der Waals surface area contributed by atoms with Crippen molar-refractivity contribution in [3.8, 4) is 0 Å². The molecule has 0 aliphatic heterocycles. The normalized spacial score (nSPS) is 10.1. The van der Waals surface area contributed by atoms with Crippen LogP contribution in [0.1, 0.15) is 20.7 Å². The van der Waals surface area contributed by atoms with E-state index >= 15 is 0 Å². The van der Waals surface area contributed by atoms with E-state index in [9.17, 15) is 19.7 Å². The van der Waals surface area contributed by atoms with Gasteiger partial charge in [0.15, 0.2) is 0 Å². The molecule has 27 heavy (non-hydrogen) atoms. The lowest BCUT2D eigenvalue weighted by Gasteiger charge is -2.09. The molecule has 0 atom stereocenters. The molecule has 134 valence electrons. The standard InChI is InChI=1S/C19H14N4O4/c24-18(13-4-6-17(7-5-13)23(26)27)21-15-2-1-3-16(12-15)22-19(25)14-8-10-20-11-9-14/h1-12H,(H,21,24)(H,22,25). The van der Waals surface area contributed by atoms with E-state index in [0.717, 1.165) is 0 Å². The highest BCUT2D eigenvalue weighted by atomic mass is 16.6. The van der Waals surface area contributed by atoms with Crippen LogP contribution in [0.5, 0.6) is 0 Å². The lowest BCUT2D eigenvalue weighted by atomic mass is 10.2. The fourth-order valence-electron chi connectivity index (χ4n) is 2.32. The summed E-state index contributed by atoms with van der Waals surface area (Å²) >= 11 is 0. The van der Waals surface area contributed by atoms with Crippen molar-refractivity contribution in [2.24, 2.45) is 0 Å². The molecular formula is C19H14N4O4. The number of nitrogens with zero attached hydrogens (tertiary/aromatic N) is 2. The number of anilines is 2. The largest absolute Gasteiger partial charge is 0.322 e. The van der Waals surface area contributed by atoms with Crippen molar-refractivity contribution in [2.75, 3.05) is 10.6 Å². The second kappa shape index (κ2) is 7.87. The number of hydrogen-bond acceptors (Lipinski definition) is 5. The summed E-state index contributed by atoms with van der Waals surface area (Å²) in [5.41, 5.74) is 1.65. The number of nitrogens with one attached hydrogen (secondary N) is 2. The summed E-state index contributed by atoms with van der Waals surface area (Å²) in [6.45, 7) is 0. The number of non-ortho nitro benzene ring substituents is 1. The van der Waals surface area contributed by atoms with Crippen molar-refractivity contribution in [1.29, 1.82) is 0 Å². The van der Waals surface area contributed by atoms with Gasteiger partial charge in [0.1, 0.15) is 0 Å². The Balaban J connectivity index is 1.69. The molecule has 0 aliphatic carbocycles. The highest BCUT2D eigenvalue weighted by Crippen LogP contribution is 2.18. The van der Waals surface area contributed by atoms with Crippen LogP contribution in [-0.4, -0.2) is 21.7 Å². The first-order valence-electron chi connectivity index (χ1n) is 7.90. The van der Waals surface area contributed by atoms with Crippen LogP contribution in [0.2, 0.25) is 0 Å². The van der Waals surface area contributed by atoms with Gasteiger partial charge in [-0.05, 0) is 42.5 Å². The van der Waals surface area contributed by atoms with Crippen molar-refractivity contribution in [2.45, 2.75) is 0 Å². The summed E-state index contributed by atoms with van der Waals surface area (Å²) in [5, 5.41) is 16.1. The van der Waals surface area contributed by atoms with Gasteiger partial charge in [0.2, 0.25) is 0 Å². The maximum absolute atomic E-state index is 12.3. The zero-order chi connectivity index (χ0) is 19.2. The van der Waals surface area contributed by atoms with E-state index in [1.165, 1.54) is 36.7 Å². The zero-order valence-corrected chi connectivity index (χ0v) is 14.0. The van der Waals surface area contributed by atoms with Gasteiger partial charge in [0, 0.05) is 47.0 Å². The Labute approximate surface area is 154 Å². The minimum absolute atomic E-state index is 0.0904. The Morgan fingerprint density at radius 3 is 1.85 bits per heavy atom. The maximum Gasteiger partial charge on any atom is 0.269 e. The van der Waals surface area contributed by atoms with E-state index in [1.807, 2.05) is 0 Å². The Morgan fingerprint density at radius 1 is 0.815 bits per heavy atom. The number of nitro groups is 1. The first-order valence-corrected chi connectivity index (χ1v) is 7.90. The Hall–Kier alpha value is -4.07. The smallest absolute Gasteiger partial charge is 0.269 e. The molecule has 1 aromatic heterocycles. The number of nitro benzene ring substituents is 1. The molecule has 0 unspecified atom stereocenters. The van der Waals surface area contributed by atoms with Crippen LogP contribution in [-0.2, 0) is 0 Å². The van der Waals surface area contributed by atoms with E-state index in [-0.39, 0.29) is 17.2 Å². The fourth-order valence-corrected chi connectivity index (χ4v) is 2.32. The van der Waals surface area contributed by atoms with Gasteiger partial charge in [0.05, 0.1) is 4.92 Å². The van der Waals surface area contributed by atoms with Crippen LogP contribution in [0.15, 0.2) is 73.1 Å². The highest BCUT2D eigenvalue weighted by molar-refractivity contribution is 6.06. The quantitative estimate of drug-likeness (QED) is 0.532. The van der Waals surface area contributed by atoms with E-state index < -0.39 is 10.8 Å². The van der Waals surface area contributed by atoms with Gasteiger partial charge in [-0.25, -0.2) is 0 Å². The number of hydrogen-bond donors (Lipinski definition) is 2. The maximum atomic E-state index is 12.3. The summed E-state index contributed by atoms with van der Waals surface area (Å²) in [7, 11) is 0. The van der Waals surface area contributed by atoms with Crippen LogP contribution in [0.25, 0.3) is 0 Å². The molecule has 2 amide bonds. The Morgan fingerprint density at radius 2 is 1.33 bits per heavy atom. The SMILES string of the molecule is O=C(Nc1cccc(NC(=O)c2ccc([N+](=O)[O-])cc2)c1)c1ccncc1. The average Bonchev–Trinajstić information content (AvgIpc) is 2.69. The van der Waals surface area contributed by atoms with Gasteiger partial charge in [-0.1, -0.05) is 6.07 Å². The third-order valence-corrected chi connectivity index (χ3v) is 3.66. The van der Waals surface area contributed by atoms with E-state index in [4.69, 9.17) is 0 Å². The summed E-state index contributed by atoms with van der Waals surface area (Å²) < 4.78 is 0. The number of carbonyl (C=O) groups excluding carboxylic acids is 2. The van der Waals surface area contributed by atoms with Gasteiger partial charge >= 0.3 is 0 Å². The Kier molecular flexibility index (Phi) is 5.17. The molecular weight excluding hydrogens is 348 g/mol.